The quantitative estimate of drug-likeness (QED) is 0.493. The number of nitrogens with one attached hydrogen (secondary N) is 1. The standard InChI is InChI=1S/C21H23N5OS3/c1-3-8-26-19(16-5-4-9-28-16)24-25-21(26)29-12-18(27)23-20-15(11-22)14-7-6-13(2)10-17(14)30-20/h4-5,9,13H,3,6-8,10,12H2,1-2H3,(H,23,27). The zero-order valence-corrected chi connectivity index (χ0v) is 19.4. The van der Waals surface area contributed by atoms with Gasteiger partial charge in [-0.1, -0.05) is 31.7 Å². The third kappa shape index (κ3) is 4.31. The summed E-state index contributed by atoms with van der Waals surface area (Å²) in [7, 11) is 0. The molecular formula is C21H23N5OS3. The van der Waals surface area contributed by atoms with Crippen LogP contribution in [0.5, 0.6) is 0 Å². The van der Waals surface area contributed by atoms with Crippen molar-refractivity contribution in [3.63, 3.8) is 0 Å². The molecule has 3 aromatic rings. The average molecular weight is 458 g/mol. The van der Waals surface area contributed by atoms with Crippen molar-refractivity contribution in [1.82, 2.24) is 14.8 Å². The number of thiophene rings is 2. The Bertz CT molecular complexity index is 1080. The molecule has 4 rings (SSSR count). The summed E-state index contributed by atoms with van der Waals surface area (Å²) < 4.78 is 2.08. The second-order valence-corrected chi connectivity index (χ2v) is 10.4. The summed E-state index contributed by atoms with van der Waals surface area (Å²) in [6, 6.07) is 6.34. The van der Waals surface area contributed by atoms with Crippen LogP contribution in [0.1, 0.15) is 42.7 Å². The molecule has 1 aliphatic carbocycles. The highest BCUT2D eigenvalue weighted by atomic mass is 32.2. The number of rotatable bonds is 7. The Balaban J connectivity index is 1.46. The van der Waals surface area contributed by atoms with Crippen LogP contribution in [0, 0.1) is 17.2 Å². The minimum atomic E-state index is -0.119. The molecule has 9 heteroatoms. The number of nitrogens with zero attached hydrogens (tertiary/aromatic N) is 4. The highest BCUT2D eigenvalue weighted by molar-refractivity contribution is 7.99. The molecule has 1 unspecified atom stereocenters. The molecular weight excluding hydrogens is 434 g/mol. The van der Waals surface area contributed by atoms with Gasteiger partial charge in [0.25, 0.3) is 0 Å². The molecule has 0 aromatic carbocycles. The SMILES string of the molecule is CCCn1c(SCC(=O)Nc2sc3c(c2C#N)CCC(C)C3)nnc1-c1cccs1. The first-order valence-corrected chi connectivity index (χ1v) is 12.7. The summed E-state index contributed by atoms with van der Waals surface area (Å²) in [5.74, 6) is 1.59. The lowest BCUT2D eigenvalue weighted by atomic mass is 9.89. The lowest BCUT2D eigenvalue weighted by molar-refractivity contribution is -0.113. The molecule has 1 N–H and O–H groups in total. The zero-order chi connectivity index (χ0) is 21.1. The molecule has 0 fully saturated rings. The molecule has 6 nitrogen and oxygen atoms in total. The maximum atomic E-state index is 12.6. The molecule has 156 valence electrons. The Hall–Kier alpha value is -2.15. The van der Waals surface area contributed by atoms with Crippen LogP contribution in [0.25, 0.3) is 10.7 Å². The van der Waals surface area contributed by atoms with Crippen LogP contribution < -0.4 is 5.32 Å². The second-order valence-electron chi connectivity index (χ2n) is 7.44. The van der Waals surface area contributed by atoms with Gasteiger partial charge in [-0.15, -0.1) is 32.9 Å². The van der Waals surface area contributed by atoms with Crippen LogP contribution in [0.15, 0.2) is 22.7 Å². The van der Waals surface area contributed by atoms with Gasteiger partial charge in [-0.3, -0.25) is 4.79 Å². The van der Waals surface area contributed by atoms with Gasteiger partial charge < -0.3 is 9.88 Å². The van der Waals surface area contributed by atoms with Crippen LogP contribution in [-0.4, -0.2) is 26.4 Å². The van der Waals surface area contributed by atoms with Gasteiger partial charge in [0.05, 0.1) is 16.2 Å². The smallest absolute Gasteiger partial charge is 0.235 e. The fourth-order valence-electron chi connectivity index (χ4n) is 3.66. The number of amides is 1. The zero-order valence-electron chi connectivity index (χ0n) is 17.0. The summed E-state index contributed by atoms with van der Waals surface area (Å²) in [5, 5.41) is 24.7. The third-order valence-corrected chi connectivity index (χ3v) is 8.12. The Labute approximate surface area is 188 Å². The Morgan fingerprint density at radius 3 is 3.07 bits per heavy atom. The van der Waals surface area contributed by atoms with E-state index in [-0.39, 0.29) is 11.7 Å². The number of hydrogen-bond acceptors (Lipinski definition) is 7. The molecule has 1 atom stereocenters. The topological polar surface area (TPSA) is 83.6 Å². The number of nitriles is 1. The van der Waals surface area contributed by atoms with Gasteiger partial charge in [-0.25, -0.2) is 0 Å². The summed E-state index contributed by atoms with van der Waals surface area (Å²) in [6.45, 7) is 5.15. The van der Waals surface area contributed by atoms with Crippen LogP contribution in [0.4, 0.5) is 5.00 Å². The van der Waals surface area contributed by atoms with Crippen molar-refractivity contribution >= 4 is 45.3 Å². The first-order valence-electron chi connectivity index (χ1n) is 10.0. The average Bonchev–Trinajstić information content (AvgIpc) is 3.44. The van der Waals surface area contributed by atoms with Crippen LogP contribution in [-0.2, 0) is 24.2 Å². The van der Waals surface area contributed by atoms with E-state index in [9.17, 15) is 10.1 Å². The van der Waals surface area contributed by atoms with Crippen molar-refractivity contribution in [3.8, 4) is 16.8 Å². The maximum Gasteiger partial charge on any atom is 0.235 e. The van der Waals surface area contributed by atoms with Crippen LogP contribution >= 0.6 is 34.4 Å². The normalized spacial score (nSPS) is 15.6. The molecule has 0 aliphatic heterocycles. The number of carbonyl (C=O) groups excluding carboxylic acids is 1. The van der Waals surface area contributed by atoms with Gasteiger partial charge in [0.1, 0.15) is 11.1 Å². The molecule has 0 saturated carbocycles. The van der Waals surface area contributed by atoms with E-state index in [1.807, 2.05) is 17.5 Å². The minimum absolute atomic E-state index is 0.119. The monoisotopic (exact) mass is 457 g/mol. The Kier molecular flexibility index (Phi) is 6.56. The lowest BCUT2D eigenvalue weighted by Crippen LogP contribution is -2.15. The molecule has 1 amide bonds. The van der Waals surface area contributed by atoms with Gasteiger partial charge in [0.15, 0.2) is 11.0 Å². The lowest BCUT2D eigenvalue weighted by Gasteiger charge is -2.17. The van der Waals surface area contributed by atoms with Gasteiger partial charge in [0, 0.05) is 11.4 Å². The largest absolute Gasteiger partial charge is 0.316 e. The number of anilines is 1. The molecule has 1 aliphatic rings. The number of thioether (sulfide) groups is 1. The van der Waals surface area contributed by atoms with E-state index < -0.39 is 0 Å². The first-order chi connectivity index (χ1) is 14.6. The third-order valence-electron chi connectivity index (χ3n) is 5.11. The highest BCUT2D eigenvalue weighted by Gasteiger charge is 2.25. The van der Waals surface area contributed by atoms with E-state index >= 15 is 0 Å². The van der Waals surface area contributed by atoms with E-state index in [1.165, 1.54) is 16.6 Å². The summed E-state index contributed by atoms with van der Waals surface area (Å²) in [4.78, 5) is 15.0. The van der Waals surface area contributed by atoms with E-state index in [0.717, 1.165) is 53.6 Å². The molecule has 3 aromatic heterocycles. The van der Waals surface area contributed by atoms with Crippen molar-refractivity contribution < 1.29 is 4.79 Å². The fourth-order valence-corrected chi connectivity index (χ4v) is 6.52. The van der Waals surface area contributed by atoms with Gasteiger partial charge in [-0.2, -0.15) is 5.26 Å². The van der Waals surface area contributed by atoms with Crippen molar-refractivity contribution in [2.75, 3.05) is 11.1 Å². The minimum Gasteiger partial charge on any atom is -0.316 e. The summed E-state index contributed by atoms with van der Waals surface area (Å²) >= 11 is 4.57. The molecule has 0 saturated heterocycles. The van der Waals surface area contributed by atoms with Crippen LogP contribution in [0.2, 0.25) is 0 Å². The Morgan fingerprint density at radius 1 is 1.47 bits per heavy atom. The molecule has 30 heavy (non-hydrogen) atoms. The van der Waals surface area contributed by atoms with E-state index in [2.05, 4.69) is 40.0 Å². The Morgan fingerprint density at radius 2 is 2.33 bits per heavy atom. The number of carbonyl (C=O) groups is 1. The number of aromatic nitrogens is 3. The van der Waals surface area contributed by atoms with Gasteiger partial charge >= 0.3 is 0 Å². The maximum absolute atomic E-state index is 12.6. The van der Waals surface area contributed by atoms with E-state index in [4.69, 9.17) is 0 Å². The molecule has 0 spiro atoms. The summed E-state index contributed by atoms with van der Waals surface area (Å²) in [6.07, 6.45) is 3.97. The van der Waals surface area contributed by atoms with E-state index in [1.54, 1.807) is 22.7 Å². The number of fused-ring (bicyclic) bond motifs is 1. The second kappa shape index (κ2) is 9.33. The molecule has 3 heterocycles. The van der Waals surface area contributed by atoms with Gasteiger partial charge in [-0.05, 0) is 48.6 Å². The molecule has 0 radical (unpaired) electrons. The van der Waals surface area contributed by atoms with Crippen molar-refractivity contribution in [2.45, 2.75) is 51.2 Å². The van der Waals surface area contributed by atoms with Crippen LogP contribution in [0.3, 0.4) is 0 Å². The van der Waals surface area contributed by atoms with Crippen molar-refractivity contribution in [3.05, 3.63) is 33.5 Å². The van der Waals surface area contributed by atoms with Gasteiger partial charge in [0.2, 0.25) is 5.91 Å². The highest BCUT2D eigenvalue weighted by Crippen LogP contribution is 2.39. The predicted octanol–water partition coefficient (Wildman–Crippen LogP) is 5.21. The van der Waals surface area contributed by atoms with E-state index in [0.29, 0.717) is 16.5 Å². The first kappa shape index (κ1) is 21.1. The molecule has 0 bridgehead atoms. The predicted molar refractivity (Wildman–Crippen MR) is 123 cm³/mol. The van der Waals surface area contributed by atoms with Crippen molar-refractivity contribution in [2.24, 2.45) is 5.92 Å². The summed E-state index contributed by atoms with van der Waals surface area (Å²) in [5.41, 5.74) is 1.78. The number of hydrogen-bond donors (Lipinski definition) is 1. The van der Waals surface area contributed by atoms with Crippen molar-refractivity contribution in [1.29, 1.82) is 5.26 Å². The fraction of sp³-hybridized carbons (Fsp3) is 0.429.